The number of nitrogens with one attached hydrogen (secondary N) is 1. The van der Waals surface area contributed by atoms with Gasteiger partial charge in [-0.05, 0) is 24.6 Å². The molecule has 0 bridgehead atoms. The molecule has 0 aliphatic carbocycles. The first-order valence-corrected chi connectivity index (χ1v) is 7.61. The number of aryl methyl sites for hydroxylation is 1. The molecular formula is C11H13N3O2S2. The van der Waals surface area contributed by atoms with Gasteiger partial charge in [-0.2, -0.15) is 0 Å². The van der Waals surface area contributed by atoms with Crippen LogP contribution in [0.1, 0.15) is 11.3 Å². The van der Waals surface area contributed by atoms with E-state index in [1.807, 2.05) is 6.92 Å². The van der Waals surface area contributed by atoms with Gasteiger partial charge in [0.05, 0.1) is 10.6 Å². The minimum Gasteiger partial charge on any atom is -0.326 e. The third-order valence-corrected chi connectivity index (χ3v) is 4.67. The lowest BCUT2D eigenvalue weighted by atomic mass is 10.2. The molecule has 18 heavy (non-hydrogen) atoms. The molecule has 0 aliphatic heterocycles. The maximum Gasteiger partial charge on any atom is 0.263 e. The molecule has 1 aromatic carbocycles. The summed E-state index contributed by atoms with van der Waals surface area (Å²) in [5, 5.41) is 2.16. The summed E-state index contributed by atoms with van der Waals surface area (Å²) in [5.74, 6) is 0. The Kier molecular flexibility index (Phi) is 3.65. The number of sulfonamides is 1. The van der Waals surface area contributed by atoms with E-state index >= 15 is 0 Å². The van der Waals surface area contributed by atoms with Crippen molar-refractivity contribution in [2.75, 3.05) is 4.72 Å². The molecule has 0 saturated carbocycles. The summed E-state index contributed by atoms with van der Waals surface area (Å²) < 4.78 is 26.5. The Morgan fingerprint density at radius 3 is 2.50 bits per heavy atom. The molecule has 1 aromatic heterocycles. The minimum absolute atomic E-state index is 0.201. The Bertz CT molecular complexity index is 633. The second-order valence-corrected chi connectivity index (χ2v) is 6.29. The molecule has 96 valence electrons. The smallest absolute Gasteiger partial charge is 0.263 e. The maximum absolute atomic E-state index is 12.0. The van der Waals surface area contributed by atoms with E-state index in [9.17, 15) is 8.42 Å². The second-order valence-electron chi connectivity index (χ2n) is 3.75. The molecule has 0 amide bonds. The lowest BCUT2D eigenvalue weighted by Gasteiger charge is -2.05. The Hall–Kier alpha value is -1.44. The highest BCUT2D eigenvalue weighted by molar-refractivity contribution is 7.93. The van der Waals surface area contributed by atoms with Gasteiger partial charge >= 0.3 is 0 Å². The molecule has 0 aliphatic rings. The van der Waals surface area contributed by atoms with Crippen LogP contribution in [0, 0.1) is 6.92 Å². The number of anilines is 1. The van der Waals surface area contributed by atoms with Gasteiger partial charge in [0.2, 0.25) is 0 Å². The van der Waals surface area contributed by atoms with E-state index < -0.39 is 10.0 Å². The fraction of sp³-hybridized carbons (Fsp3) is 0.182. The third kappa shape index (κ3) is 2.87. The van der Waals surface area contributed by atoms with Crippen molar-refractivity contribution in [3.05, 3.63) is 40.9 Å². The van der Waals surface area contributed by atoms with E-state index in [0.717, 1.165) is 11.3 Å². The van der Waals surface area contributed by atoms with Crippen molar-refractivity contribution in [2.45, 2.75) is 18.4 Å². The summed E-state index contributed by atoms with van der Waals surface area (Å²) >= 11 is 1.26. The van der Waals surface area contributed by atoms with Gasteiger partial charge in [-0.15, -0.1) is 11.3 Å². The van der Waals surface area contributed by atoms with Crippen LogP contribution in [0.5, 0.6) is 0 Å². The number of benzene rings is 1. The Balaban J connectivity index is 2.24. The Morgan fingerprint density at radius 2 is 2.00 bits per heavy atom. The lowest BCUT2D eigenvalue weighted by molar-refractivity contribution is 0.601. The molecule has 0 atom stereocenters. The van der Waals surface area contributed by atoms with Gasteiger partial charge < -0.3 is 5.73 Å². The molecule has 0 spiro atoms. The number of nitrogens with zero attached hydrogens (tertiary/aromatic N) is 1. The van der Waals surface area contributed by atoms with Gasteiger partial charge in [0.25, 0.3) is 10.0 Å². The standard InChI is InChI=1S/C11H13N3O2S2/c1-8-7-17-11(13-8)14-18(15,16)10-4-2-9(6-12)3-5-10/h2-5,7H,6,12H2,1H3,(H,13,14). The van der Waals surface area contributed by atoms with Crippen LogP contribution in [0.2, 0.25) is 0 Å². The Morgan fingerprint density at radius 1 is 1.33 bits per heavy atom. The summed E-state index contributed by atoms with van der Waals surface area (Å²) in [5.41, 5.74) is 7.14. The number of thiazole rings is 1. The van der Waals surface area contributed by atoms with Gasteiger partial charge in [0.15, 0.2) is 5.13 Å². The van der Waals surface area contributed by atoms with Crippen LogP contribution in [-0.4, -0.2) is 13.4 Å². The fourth-order valence-electron chi connectivity index (χ4n) is 1.38. The van der Waals surface area contributed by atoms with Crippen molar-refractivity contribution in [3.8, 4) is 0 Å². The van der Waals surface area contributed by atoms with Gasteiger partial charge in [0.1, 0.15) is 0 Å². The lowest BCUT2D eigenvalue weighted by Crippen LogP contribution is -2.13. The predicted molar refractivity (Wildman–Crippen MR) is 72.0 cm³/mol. The van der Waals surface area contributed by atoms with Crippen LogP contribution in [0.3, 0.4) is 0 Å². The van der Waals surface area contributed by atoms with Crippen molar-refractivity contribution >= 4 is 26.5 Å². The zero-order valence-corrected chi connectivity index (χ0v) is 11.4. The van der Waals surface area contributed by atoms with Gasteiger partial charge in [-0.25, -0.2) is 13.4 Å². The number of rotatable bonds is 4. The fourth-order valence-corrected chi connectivity index (χ4v) is 3.32. The van der Waals surface area contributed by atoms with Crippen LogP contribution in [0.25, 0.3) is 0 Å². The normalized spacial score (nSPS) is 11.4. The van der Waals surface area contributed by atoms with Crippen LogP contribution in [0.4, 0.5) is 5.13 Å². The predicted octanol–water partition coefficient (Wildman–Crippen LogP) is 1.71. The van der Waals surface area contributed by atoms with Crippen LogP contribution < -0.4 is 10.5 Å². The van der Waals surface area contributed by atoms with Crippen molar-refractivity contribution in [1.29, 1.82) is 0 Å². The molecule has 5 nitrogen and oxygen atoms in total. The summed E-state index contributed by atoms with van der Waals surface area (Å²) in [4.78, 5) is 4.26. The van der Waals surface area contributed by atoms with Gasteiger partial charge in [-0.1, -0.05) is 12.1 Å². The zero-order chi connectivity index (χ0) is 13.2. The first kappa shape index (κ1) is 13.0. The average molecular weight is 283 g/mol. The SMILES string of the molecule is Cc1csc(NS(=O)(=O)c2ccc(CN)cc2)n1. The number of hydrogen-bond acceptors (Lipinski definition) is 5. The molecule has 0 radical (unpaired) electrons. The summed E-state index contributed by atoms with van der Waals surface area (Å²) in [6.45, 7) is 2.20. The van der Waals surface area contributed by atoms with Gasteiger partial charge in [-0.3, -0.25) is 4.72 Å². The number of aromatic nitrogens is 1. The van der Waals surface area contributed by atoms with E-state index in [4.69, 9.17) is 5.73 Å². The molecule has 3 N–H and O–H groups in total. The summed E-state index contributed by atoms with van der Waals surface area (Å²) in [6, 6.07) is 6.46. The highest BCUT2D eigenvalue weighted by atomic mass is 32.2. The highest BCUT2D eigenvalue weighted by Crippen LogP contribution is 2.19. The molecule has 1 heterocycles. The zero-order valence-electron chi connectivity index (χ0n) is 9.75. The summed E-state index contributed by atoms with van der Waals surface area (Å²) in [7, 11) is -3.57. The Labute approximate surface area is 110 Å². The van der Waals surface area contributed by atoms with E-state index in [1.54, 1.807) is 17.5 Å². The van der Waals surface area contributed by atoms with Crippen molar-refractivity contribution in [3.63, 3.8) is 0 Å². The third-order valence-electron chi connectivity index (χ3n) is 2.31. The summed E-state index contributed by atoms with van der Waals surface area (Å²) in [6.07, 6.45) is 0. The van der Waals surface area contributed by atoms with E-state index in [-0.39, 0.29) is 4.90 Å². The molecular weight excluding hydrogens is 270 g/mol. The van der Waals surface area contributed by atoms with Crippen LogP contribution >= 0.6 is 11.3 Å². The molecule has 0 unspecified atom stereocenters. The minimum atomic E-state index is -3.57. The van der Waals surface area contributed by atoms with Crippen molar-refractivity contribution in [2.24, 2.45) is 5.73 Å². The number of nitrogens with two attached hydrogens (primary N) is 1. The molecule has 0 fully saturated rings. The van der Waals surface area contributed by atoms with Crippen LogP contribution in [-0.2, 0) is 16.6 Å². The first-order valence-electron chi connectivity index (χ1n) is 5.25. The quantitative estimate of drug-likeness (QED) is 0.894. The van der Waals surface area contributed by atoms with Crippen molar-refractivity contribution < 1.29 is 8.42 Å². The van der Waals surface area contributed by atoms with Crippen LogP contribution in [0.15, 0.2) is 34.5 Å². The second kappa shape index (κ2) is 5.05. The van der Waals surface area contributed by atoms with E-state index in [1.165, 1.54) is 23.5 Å². The highest BCUT2D eigenvalue weighted by Gasteiger charge is 2.15. The number of hydrogen-bond donors (Lipinski definition) is 2. The average Bonchev–Trinajstić information content (AvgIpc) is 2.74. The maximum atomic E-state index is 12.0. The molecule has 7 heteroatoms. The van der Waals surface area contributed by atoms with Gasteiger partial charge in [0, 0.05) is 11.9 Å². The van der Waals surface area contributed by atoms with Crippen molar-refractivity contribution in [1.82, 2.24) is 4.98 Å². The molecule has 0 saturated heterocycles. The largest absolute Gasteiger partial charge is 0.326 e. The molecule has 2 rings (SSSR count). The first-order chi connectivity index (χ1) is 8.51. The molecule has 2 aromatic rings. The van der Waals surface area contributed by atoms with E-state index in [2.05, 4.69) is 9.71 Å². The topological polar surface area (TPSA) is 85.1 Å². The monoisotopic (exact) mass is 283 g/mol. The van der Waals surface area contributed by atoms with E-state index in [0.29, 0.717) is 11.7 Å².